The zero-order chi connectivity index (χ0) is 22.2. The summed E-state index contributed by atoms with van der Waals surface area (Å²) in [6.07, 6.45) is 5.94. The standard InChI is InChI=1S/C25H32N6O.HI/c1-26-25(30(2)13-14-32-17-21-7-8-21)28-15-23-5-3-4-6-24(23)22-11-9-20(10-12-22)16-31-19-27-18-29-31;/h3-6,9-12,18-19,21H,7-8,13-17H2,1-2H3,(H,26,28);1H. The number of guanidine groups is 1. The average Bonchev–Trinajstić information content (AvgIpc) is 3.51. The molecule has 0 unspecified atom stereocenters. The Bertz CT molecular complexity index is 1000. The molecule has 0 radical (unpaired) electrons. The molecule has 1 aromatic heterocycles. The quantitative estimate of drug-likeness (QED) is 0.176. The highest BCUT2D eigenvalue weighted by molar-refractivity contribution is 14.0. The van der Waals surface area contributed by atoms with Gasteiger partial charge in [0.15, 0.2) is 5.96 Å². The molecule has 33 heavy (non-hydrogen) atoms. The van der Waals surface area contributed by atoms with E-state index in [1.165, 1.54) is 35.1 Å². The summed E-state index contributed by atoms with van der Waals surface area (Å²) < 4.78 is 7.60. The summed E-state index contributed by atoms with van der Waals surface area (Å²) in [4.78, 5) is 10.6. The molecule has 1 N–H and O–H groups in total. The van der Waals surface area contributed by atoms with Crippen molar-refractivity contribution in [3.8, 4) is 11.1 Å². The molecule has 8 heteroatoms. The fourth-order valence-corrected chi connectivity index (χ4v) is 3.65. The predicted molar refractivity (Wildman–Crippen MR) is 143 cm³/mol. The number of likely N-dealkylation sites (N-methyl/N-ethyl adjacent to an activating group) is 1. The van der Waals surface area contributed by atoms with Crippen molar-refractivity contribution in [2.75, 3.05) is 33.9 Å². The molecule has 1 aliphatic rings. The van der Waals surface area contributed by atoms with Crippen LogP contribution in [0, 0.1) is 5.92 Å². The average molecular weight is 560 g/mol. The molecule has 0 amide bonds. The third-order valence-corrected chi connectivity index (χ3v) is 5.73. The van der Waals surface area contributed by atoms with Gasteiger partial charge in [-0.3, -0.25) is 4.99 Å². The van der Waals surface area contributed by atoms with Crippen molar-refractivity contribution >= 4 is 29.9 Å². The third kappa shape index (κ3) is 7.53. The summed E-state index contributed by atoms with van der Waals surface area (Å²) >= 11 is 0. The first-order chi connectivity index (χ1) is 15.7. The molecule has 0 saturated heterocycles. The van der Waals surface area contributed by atoms with E-state index in [2.05, 4.69) is 80.9 Å². The van der Waals surface area contributed by atoms with Gasteiger partial charge in [0.05, 0.1) is 13.2 Å². The van der Waals surface area contributed by atoms with Crippen LogP contribution in [0.5, 0.6) is 0 Å². The van der Waals surface area contributed by atoms with E-state index < -0.39 is 0 Å². The van der Waals surface area contributed by atoms with Crippen molar-refractivity contribution < 1.29 is 4.74 Å². The predicted octanol–water partition coefficient (Wildman–Crippen LogP) is 4.05. The highest BCUT2D eigenvalue weighted by atomic mass is 127. The van der Waals surface area contributed by atoms with Crippen LogP contribution in [0.25, 0.3) is 11.1 Å². The molecule has 1 fully saturated rings. The van der Waals surface area contributed by atoms with Crippen molar-refractivity contribution in [3.63, 3.8) is 0 Å². The number of ether oxygens (including phenoxy) is 1. The van der Waals surface area contributed by atoms with Crippen LogP contribution in [0.15, 0.2) is 66.2 Å². The molecule has 0 aliphatic heterocycles. The second-order valence-electron chi connectivity index (χ2n) is 8.29. The Kier molecular flexibility index (Phi) is 9.68. The summed E-state index contributed by atoms with van der Waals surface area (Å²) in [5, 5.41) is 7.68. The SMILES string of the molecule is CN=C(NCc1ccccc1-c1ccc(Cn2cncn2)cc1)N(C)CCOCC1CC1.I. The maximum Gasteiger partial charge on any atom is 0.193 e. The van der Waals surface area contributed by atoms with Gasteiger partial charge in [0.25, 0.3) is 0 Å². The molecule has 0 atom stereocenters. The fraction of sp³-hybridized carbons (Fsp3) is 0.400. The zero-order valence-corrected chi connectivity index (χ0v) is 21.7. The smallest absolute Gasteiger partial charge is 0.193 e. The molecular formula is C25H33IN6O. The number of rotatable bonds is 10. The molecule has 0 spiro atoms. The van der Waals surface area contributed by atoms with Crippen LogP contribution in [0.3, 0.4) is 0 Å². The second kappa shape index (κ2) is 12.7. The molecule has 7 nitrogen and oxygen atoms in total. The minimum absolute atomic E-state index is 0. The monoisotopic (exact) mass is 560 g/mol. The highest BCUT2D eigenvalue weighted by Crippen LogP contribution is 2.28. The van der Waals surface area contributed by atoms with Crippen molar-refractivity contribution in [3.05, 3.63) is 72.3 Å². The Hall–Kier alpha value is -2.46. The number of aromatic nitrogens is 3. The van der Waals surface area contributed by atoms with E-state index in [-0.39, 0.29) is 24.0 Å². The third-order valence-electron chi connectivity index (χ3n) is 5.73. The molecule has 1 saturated carbocycles. The van der Waals surface area contributed by atoms with E-state index in [9.17, 15) is 0 Å². The van der Waals surface area contributed by atoms with E-state index in [0.29, 0.717) is 6.54 Å². The van der Waals surface area contributed by atoms with Gasteiger partial charge in [-0.2, -0.15) is 5.10 Å². The van der Waals surface area contributed by atoms with Crippen molar-refractivity contribution in [1.82, 2.24) is 25.0 Å². The van der Waals surface area contributed by atoms with Crippen LogP contribution in [0.4, 0.5) is 0 Å². The van der Waals surface area contributed by atoms with Crippen molar-refractivity contribution in [2.24, 2.45) is 10.9 Å². The molecule has 176 valence electrons. The number of nitrogens with zero attached hydrogens (tertiary/aromatic N) is 5. The van der Waals surface area contributed by atoms with Gasteiger partial charge in [0.1, 0.15) is 12.7 Å². The molecule has 1 heterocycles. The van der Waals surface area contributed by atoms with Gasteiger partial charge in [0.2, 0.25) is 0 Å². The number of halogens is 1. The van der Waals surface area contributed by atoms with Crippen LogP contribution in [-0.4, -0.2) is 59.5 Å². The summed E-state index contributed by atoms with van der Waals surface area (Å²) in [5.41, 5.74) is 4.84. The van der Waals surface area contributed by atoms with Crippen LogP contribution in [0.2, 0.25) is 0 Å². The number of aliphatic imine (C=N–C) groups is 1. The Labute approximate surface area is 213 Å². The summed E-state index contributed by atoms with van der Waals surface area (Å²) in [5.74, 6) is 1.67. The van der Waals surface area contributed by atoms with Gasteiger partial charge in [-0.25, -0.2) is 9.67 Å². The van der Waals surface area contributed by atoms with Crippen LogP contribution < -0.4 is 5.32 Å². The largest absolute Gasteiger partial charge is 0.379 e. The number of hydrogen-bond donors (Lipinski definition) is 1. The molecular weight excluding hydrogens is 527 g/mol. The van der Waals surface area contributed by atoms with E-state index >= 15 is 0 Å². The maximum atomic E-state index is 5.77. The van der Waals surface area contributed by atoms with Gasteiger partial charge >= 0.3 is 0 Å². The normalized spacial score (nSPS) is 13.5. The minimum atomic E-state index is 0. The zero-order valence-electron chi connectivity index (χ0n) is 19.4. The van der Waals surface area contributed by atoms with E-state index in [4.69, 9.17) is 4.74 Å². The first-order valence-corrected chi connectivity index (χ1v) is 11.2. The van der Waals surface area contributed by atoms with Gasteiger partial charge in [-0.1, -0.05) is 48.5 Å². The minimum Gasteiger partial charge on any atom is -0.379 e. The Balaban J connectivity index is 0.00000306. The molecule has 2 aromatic carbocycles. The topological polar surface area (TPSA) is 67.6 Å². The van der Waals surface area contributed by atoms with Crippen molar-refractivity contribution in [2.45, 2.75) is 25.9 Å². The summed E-state index contributed by atoms with van der Waals surface area (Å²) in [7, 11) is 3.87. The van der Waals surface area contributed by atoms with Crippen LogP contribution in [-0.2, 0) is 17.8 Å². The van der Waals surface area contributed by atoms with Crippen molar-refractivity contribution in [1.29, 1.82) is 0 Å². The molecule has 4 rings (SSSR count). The molecule has 0 bridgehead atoms. The summed E-state index contributed by atoms with van der Waals surface area (Å²) in [6, 6.07) is 17.1. The van der Waals surface area contributed by atoms with Gasteiger partial charge in [-0.15, -0.1) is 24.0 Å². The van der Waals surface area contributed by atoms with Gasteiger partial charge in [0, 0.05) is 33.8 Å². The van der Waals surface area contributed by atoms with Gasteiger partial charge < -0.3 is 15.0 Å². The van der Waals surface area contributed by atoms with Crippen LogP contribution in [0.1, 0.15) is 24.0 Å². The first-order valence-electron chi connectivity index (χ1n) is 11.2. The lowest BCUT2D eigenvalue weighted by Crippen LogP contribution is -2.40. The molecule has 3 aromatic rings. The van der Waals surface area contributed by atoms with Crippen LogP contribution >= 0.6 is 24.0 Å². The second-order valence-corrected chi connectivity index (χ2v) is 8.29. The lowest BCUT2D eigenvalue weighted by molar-refractivity contribution is 0.115. The highest BCUT2D eigenvalue weighted by Gasteiger charge is 2.21. The Morgan fingerprint density at radius 3 is 2.67 bits per heavy atom. The lowest BCUT2D eigenvalue weighted by atomic mass is 9.98. The lowest BCUT2D eigenvalue weighted by Gasteiger charge is -2.22. The van der Waals surface area contributed by atoms with E-state index in [1.54, 1.807) is 12.7 Å². The number of nitrogens with one attached hydrogen (secondary N) is 1. The fourth-order valence-electron chi connectivity index (χ4n) is 3.65. The maximum absolute atomic E-state index is 5.77. The summed E-state index contributed by atoms with van der Waals surface area (Å²) in [6.45, 7) is 3.87. The van der Waals surface area contributed by atoms with E-state index in [1.807, 2.05) is 11.7 Å². The van der Waals surface area contributed by atoms with Gasteiger partial charge in [-0.05, 0) is 41.0 Å². The number of benzene rings is 2. The molecule has 1 aliphatic carbocycles. The number of hydrogen-bond acceptors (Lipinski definition) is 4. The first kappa shape index (κ1) is 25.2. The Morgan fingerprint density at radius 2 is 1.97 bits per heavy atom. The van der Waals surface area contributed by atoms with E-state index in [0.717, 1.165) is 38.2 Å². The Morgan fingerprint density at radius 1 is 1.18 bits per heavy atom.